The highest BCUT2D eigenvalue weighted by Gasteiger charge is 2.09. The maximum atomic E-state index is 10.6. The molecule has 1 aromatic rings. The molecule has 3 N–H and O–H groups in total. The van der Waals surface area contributed by atoms with E-state index in [1.807, 2.05) is 0 Å². The van der Waals surface area contributed by atoms with Gasteiger partial charge in [0.25, 0.3) is 5.56 Å². The number of H-pyrrole nitrogens is 1. The zero-order valence-corrected chi connectivity index (χ0v) is 5.14. The van der Waals surface area contributed by atoms with Gasteiger partial charge in [0.1, 0.15) is 5.82 Å². The van der Waals surface area contributed by atoms with Gasteiger partial charge < -0.3 is 10.4 Å². The Morgan fingerprint density at radius 3 is 3.40 bits per heavy atom. The molecule has 5 heteroatoms. The number of anilines is 1. The zero-order chi connectivity index (χ0) is 6.97. The number of rotatable bonds is 0. The molecule has 2 rings (SSSR count). The highest BCUT2D eigenvalue weighted by atomic mass is 16.1. The average molecular weight is 138 g/mol. The molecule has 0 aromatic carbocycles. The van der Waals surface area contributed by atoms with E-state index in [0.29, 0.717) is 12.4 Å². The fourth-order valence-electron chi connectivity index (χ4n) is 0.882. The monoisotopic (exact) mass is 138 g/mol. The maximum Gasteiger partial charge on any atom is 0.267 e. The van der Waals surface area contributed by atoms with Crippen LogP contribution in [0, 0.1) is 0 Å². The molecule has 0 spiro atoms. The van der Waals surface area contributed by atoms with Crippen molar-refractivity contribution < 1.29 is 0 Å². The second-order valence-corrected chi connectivity index (χ2v) is 2.05. The van der Waals surface area contributed by atoms with Crippen LogP contribution in [-0.4, -0.2) is 9.97 Å². The lowest BCUT2D eigenvalue weighted by Crippen LogP contribution is -2.13. The van der Waals surface area contributed by atoms with Crippen molar-refractivity contribution in [2.75, 3.05) is 5.43 Å². The Balaban J connectivity index is 2.63. The highest BCUT2D eigenvalue weighted by Crippen LogP contribution is 2.08. The van der Waals surface area contributed by atoms with E-state index in [2.05, 4.69) is 20.8 Å². The zero-order valence-electron chi connectivity index (χ0n) is 5.14. The molecule has 10 heavy (non-hydrogen) atoms. The molecule has 0 aliphatic carbocycles. The third-order valence-corrected chi connectivity index (χ3v) is 1.34. The Morgan fingerprint density at radius 1 is 1.60 bits per heavy atom. The number of nitrogens with zero attached hydrogens (tertiary/aromatic N) is 1. The largest absolute Gasteiger partial charge is 0.305 e. The van der Waals surface area contributed by atoms with Gasteiger partial charge in [0, 0.05) is 0 Å². The summed E-state index contributed by atoms with van der Waals surface area (Å²) in [5.41, 5.74) is 6.27. The first kappa shape index (κ1) is 5.43. The summed E-state index contributed by atoms with van der Waals surface area (Å²) in [4.78, 5) is 17.1. The van der Waals surface area contributed by atoms with Crippen LogP contribution < -0.4 is 16.4 Å². The van der Waals surface area contributed by atoms with E-state index in [-0.39, 0.29) is 5.56 Å². The predicted octanol–water partition coefficient (Wildman–Crippen LogP) is -0.800. The maximum absolute atomic E-state index is 10.6. The van der Waals surface area contributed by atoms with Crippen LogP contribution in [0.15, 0.2) is 11.0 Å². The van der Waals surface area contributed by atoms with Crippen molar-refractivity contribution in [2.45, 2.75) is 6.54 Å². The topological polar surface area (TPSA) is 69.8 Å². The fraction of sp³-hybridized carbons (Fsp3) is 0.200. The SMILES string of the molecule is O=c1cnc2c([nH]1)NNC2. The van der Waals surface area contributed by atoms with Crippen LogP contribution in [0.1, 0.15) is 5.69 Å². The first-order valence-corrected chi connectivity index (χ1v) is 2.93. The van der Waals surface area contributed by atoms with E-state index in [0.717, 1.165) is 5.69 Å². The summed E-state index contributed by atoms with van der Waals surface area (Å²) in [5, 5.41) is 0. The minimum absolute atomic E-state index is 0.185. The third-order valence-electron chi connectivity index (χ3n) is 1.34. The Hall–Kier alpha value is -1.36. The van der Waals surface area contributed by atoms with Crippen LogP contribution in [0.5, 0.6) is 0 Å². The smallest absolute Gasteiger partial charge is 0.267 e. The fourth-order valence-corrected chi connectivity index (χ4v) is 0.882. The Labute approximate surface area is 56.5 Å². The summed E-state index contributed by atoms with van der Waals surface area (Å²) < 4.78 is 0. The van der Waals surface area contributed by atoms with Gasteiger partial charge in [-0.2, -0.15) is 0 Å². The van der Waals surface area contributed by atoms with Crippen molar-refractivity contribution in [2.24, 2.45) is 0 Å². The van der Waals surface area contributed by atoms with Gasteiger partial charge in [0.05, 0.1) is 18.4 Å². The highest BCUT2D eigenvalue weighted by molar-refractivity contribution is 5.41. The molecular formula is C5H6N4O. The van der Waals surface area contributed by atoms with Crippen LogP contribution in [0.25, 0.3) is 0 Å². The van der Waals surface area contributed by atoms with Crippen LogP contribution in [-0.2, 0) is 6.54 Å². The van der Waals surface area contributed by atoms with Crippen molar-refractivity contribution in [3.63, 3.8) is 0 Å². The van der Waals surface area contributed by atoms with Crippen molar-refractivity contribution in [3.05, 3.63) is 22.2 Å². The van der Waals surface area contributed by atoms with E-state index in [9.17, 15) is 4.79 Å². The van der Waals surface area contributed by atoms with E-state index >= 15 is 0 Å². The quantitative estimate of drug-likeness (QED) is 0.439. The summed E-state index contributed by atoms with van der Waals surface area (Å²) in [7, 11) is 0. The van der Waals surface area contributed by atoms with E-state index in [1.165, 1.54) is 6.20 Å². The molecular weight excluding hydrogens is 132 g/mol. The second-order valence-electron chi connectivity index (χ2n) is 2.05. The van der Waals surface area contributed by atoms with Gasteiger partial charge in [-0.25, -0.2) is 5.43 Å². The van der Waals surface area contributed by atoms with Crippen molar-refractivity contribution in [1.82, 2.24) is 15.4 Å². The van der Waals surface area contributed by atoms with Crippen molar-refractivity contribution >= 4 is 5.82 Å². The second kappa shape index (κ2) is 1.81. The molecule has 0 saturated heterocycles. The van der Waals surface area contributed by atoms with Gasteiger partial charge >= 0.3 is 0 Å². The van der Waals surface area contributed by atoms with Crippen molar-refractivity contribution in [3.8, 4) is 0 Å². The van der Waals surface area contributed by atoms with Crippen LogP contribution >= 0.6 is 0 Å². The number of hydrazine groups is 1. The average Bonchev–Trinajstić information content (AvgIpc) is 2.33. The summed E-state index contributed by atoms with van der Waals surface area (Å²) in [6.45, 7) is 0.659. The standard InChI is InChI=1S/C5H6N4O/c10-4-2-6-3-1-7-9-5(3)8-4/h2,7H,1H2,(H2,8,9,10). The Morgan fingerprint density at radius 2 is 2.50 bits per heavy atom. The van der Waals surface area contributed by atoms with Crippen LogP contribution in [0.2, 0.25) is 0 Å². The summed E-state index contributed by atoms with van der Waals surface area (Å²) in [5.74, 6) is 0.674. The van der Waals surface area contributed by atoms with Crippen molar-refractivity contribution in [1.29, 1.82) is 0 Å². The minimum atomic E-state index is -0.185. The molecule has 2 heterocycles. The molecule has 0 radical (unpaired) electrons. The molecule has 0 fully saturated rings. The van der Waals surface area contributed by atoms with E-state index in [1.54, 1.807) is 0 Å². The Bertz CT molecular complexity index is 305. The third kappa shape index (κ3) is 0.679. The minimum Gasteiger partial charge on any atom is -0.305 e. The number of fused-ring (bicyclic) bond motifs is 1. The molecule has 1 aliphatic heterocycles. The van der Waals surface area contributed by atoms with Gasteiger partial charge in [-0.3, -0.25) is 9.78 Å². The molecule has 0 atom stereocenters. The molecule has 0 unspecified atom stereocenters. The molecule has 1 aromatic heterocycles. The molecule has 52 valence electrons. The summed E-state index contributed by atoms with van der Waals surface area (Å²) in [6.07, 6.45) is 1.27. The van der Waals surface area contributed by atoms with Gasteiger partial charge in [-0.05, 0) is 0 Å². The number of aromatic amines is 1. The van der Waals surface area contributed by atoms with Gasteiger partial charge in [0.15, 0.2) is 0 Å². The molecule has 0 saturated carbocycles. The molecule has 0 bridgehead atoms. The molecule has 5 nitrogen and oxygen atoms in total. The van der Waals surface area contributed by atoms with Crippen LogP contribution in [0.3, 0.4) is 0 Å². The van der Waals surface area contributed by atoms with Gasteiger partial charge in [-0.1, -0.05) is 0 Å². The Kier molecular flexibility index (Phi) is 0.983. The van der Waals surface area contributed by atoms with Crippen LogP contribution in [0.4, 0.5) is 5.82 Å². The number of hydrogen-bond donors (Lipinski definition) is 3. The summed E-state index contributed by atoms with van der Waals surface area (Å²) >= 11 is 0. The normalized spacial score (nSPS) is 14.4. The number of nitrogens with one attached hydrogen (secondary N) is 3. The summed E-state index contributed by atoms with van der Waals surface area (Å²) in [6, 6.07) is 0. The lowest BCUT2D eigenvalue weighted by atomic mass is 10.4. The van der Waals surface area contributed by atoms with E-state index in [4.69, 9.17) is 0 Å². The lowest BCUT2D eigenvalue weighted by Gasteiger charge is -1.93. The van der Waals surface area contributed by atoms with Gasteiger partial charge in [-0.15, -0.1) is 0 Å². The number of aromatic nitrogens is 2. The predicted molar refractivity (Wildman–Crippen MR) is 35.3 cm³/mol. The first-order chi connectivity index (χ1) is 4.86. The molecule has 1 aliphatic rings. The van der Waals surface area contributed by atoms with Gasteiger partial charge in [0.2, 0.25) is 0 Å². The van der Waals surface area contributed by atoms with E-state index < -0.39 is 0 Å². The number of hydrogen-bond acceptors (Lipinski definition) is 4. The molecule has 0 amide bonds. The first-order valence-electron chi connectivity index (χ1n) is 2.93. The lowest BCUT2D eigenvalue weighted by molar-refractivity contribution is 0.841.